The molecule has 1 fully saturated rings. The summed E-state index contributed by atoms with van der Waals surface area (Å²) in [7, 11) is 0. The van der Waals surface area contributed by atoms with Gasteiger partial charge in [-0.3, -0.25) is 4.79 Å². The van der Waals surface area contributed by atoms with Gasteiger partial charge in [0.1, 0.15) is 5.75 Å². The van der Waals surface area contributed by atoms with Crippen LogP contribution in [0.4, 0.5) is 5.69 Å². The fourth-order valence-corrected chi connectivity index (χ4v) is 3.56. The van der Waals surface area contributed by atoms with E-state index in [2.05, 4.69) is 5.32 Å². The molecule has 1 aliphatic rings. The summed E-state index contributed by atoms with van der Waals surface area (Å²) in [5.41, 5.74) is 7.50. The van der Waals surface area contributed by atoms with Crippen LogP contribution in [0.25, 0.3) is 11.1 Å². The first-order chi connectivity index (χ1) is 11.6. The normalized spacial score (nSPS) is 14.7. The van der Waals surface area contributed by atoms with Crippen LogP contribution >= 0.6 is 11.6 Å². The van der Waals surface area contributed by atoms with Gasteiger partial charge in [0, 0.05) is 23.4 Å². The van der Waals surface area contributed by atoms with E-state index in [9.17, 15) is 9.90 Å². The largest absolute Gasteiger partial charge is 0.506 e. The molecule has 4 N–H and O–H groups in total. The van der Waals surface area contributed by atoms with Crippen molar-refractivity contribution in [3.63, 3.8) is 0 Å². The summed E-state index contributed by atoms with van der Waals surface area (Å²) in [6.45, 7) is 0.956. The Labute approximate surface area is 146 Å². The van der Waals surface area contributed by atoms with E-state index in [1.165, 1.54) is 31.7 Å². The Morgan fingerprint density at radius 2 is 1.96 bits per heavy atom. The molecule has 0 radical (unpaired) electrons. The molecule has 24 heavy (non-hydrogen) atoms. The number of nitrogens with two attached hydrogens (primary N) is 1. The van der Waals surface area contributed by atoms with Gasteiger partial charge < -0.3 is 16.2 Å². The number of nitrogens with one attached hydrogen (secondary N) is 1. The van der Waals surface area contributed by atoms with Crippen molar-refractivity contribution >= 4 is 23.2 Å². The van der Waals surface area contributed by atoms with Gasteiger partial charge >= 0.3 is 0 Å². The second-order valence-electron chi connectivity index (χ2n) is 6.29. The number of primary amides is 1. The summed E-state index contributed by atoms with van der Waals surface area (Å²) in [6.07, 6.45) is 5.21. The molecule has 0 heterocycles. The molecule has 0 bridgehead atoms. The summed E-state index contributed by atoms with van der Waals surface area (Å²) in [5.74, 6) is -0.0707. The predicted molar refractivity (Wildman–Crippen MR) is 97.5 cm³/mol. The first kappa shape index (κ1) is 16.7. The van der Waals surface area contributed by atoms with Gasteiger partial charge in [-0.05, 0) is 37.0 Å². The van der Waals surface area contributed by atoms with E-state index >= 15 is 0 Å². The lowest BCUT2D eigenvalue weighted by molar-refractivity contribution is 0.0998. The molecule has 0 unspecified atom stereocenters. The average molecular weight is 345 g/mol. The molecule has 1 aliphatic carbocycles. The SMILES string of the molecule is NC(=O)c1cccc(-c2ccc(NCC3CCCC3)cc2Cl)c1O. The first-order valence-corrected chi connectivity index (χ1v) is 8.59. The third kappa shape index (κ3) is 3.49. The quantitative estimate of drug-likeness (QED) is 0.751. The molecule has 0 aliphatic heterocycles. The standard InChI is InChI=1S/C19H21ClN2O2/c20-17-10-13(22-11-12-4-1-2-5-12)8-9-14(17)15-6-3-7-16(18(15)23)19(21)24/h3,6-10,12,22-23H,1-2,4-5,11H2,(H2,21,24). The molecule has 0 saturated heterocycles. The summed E-state index contributed by atoms with van der Waals surface area (Å²) >= 11 is 6.40. The molecule has 3 rings (SSSR count). The van der Waals surface area contributed by atoms with Crippen molar-refractivity contribution in [2.45, 2.75) is 25.7 Å². The third-order valence-electron chi connectivity index (χ3n) is 4.63. The minimum absolute atomic E-state index is 0.0898. The number of para-hydroxylation sites is 1. The van der Waals surface area contributed by atoms with Crippen LogP contribution in [-0.4, -0.2) is 17.6 Å². The van der Waals surface area contributed by atoms with E-state index < -0.39 is 5.91 Å². The number of carbonyl (C=O) groups excluding carboxylic acids is 1. The molecule has 0 atom stereocenters. The van der Waals surface area contributed by atoms with E-state index in [4.69, 9.17) is 17.3 Å². The molecular weight excluding hydrogens is 324 g/mol. The number of benzene rings is 2. The highest BCUT2D eigenvalue weighted by Crippen LogP contribution is 2.37. The fourth-order valence-electron chi connectivity index (χ4n) is 3.28. The number of carbonyl (C=O) groups is 1. The van der Waals surface area contributed by atoms with E-state index in [1.807, 2.05) is 18.2 Å². The van der Waals surface area contributed by atoms with Crippen molar-refractivity contribution in [1.82, 2.24) is 0 Å². The molecule has 2 aromatic carbocycles. The van der Waals surface area contributed by atoms with Gasteiger partial charge in [-0.1, -0.05) is 42.6 Å². The lowest BCUT2D eigenvalue weighted by atomic mass is 10.0. The Morgan fingerprint density at radius 1 is 1.21 bits per heavy atom. The maximum Gasteiger partial charge on any atom is 0.252 e. The van der Waals surface area contributed by atoms with Crippen molar-refractivity contribution in [1.29, 1.82) is 0 Å². The van der Waals surface area contributed by atoms with Crippen LogP contribution in [0, 0.1) is 5.92 Å². The van der Waals surface area contributed by atoms with Gasteiger partial charge in [0.25, 0.3) is 5.91 Å². The summed E-state index contributed by atoms with van der Waals surface area (Å²) in [6, 6.07) is 10.5. The maximum atomic E-state index is 11.4. The summed E-state index contributed by atoms with van der Waals surface area (Å²) in [4.78, 5) is 11.4. The zero-order valence-electron chi connectivity index (χ0n) is 13.4. The van der Waals surface area contributed by atoms with Crippen molar-refractivity contribution in [2.24, 2.45) is 11.7 Å². The molecule has 0 aromatic heterocycles. The zero-order valence-corrected chi connectivity index (χ0v) is 14.1. The van der Waals surface area contributed by atoms with Gasteiger partial charge in [0.2, 0.25) is 0 Å². The minimum atomic E-state index is -0.666. The number of aromatic hydroxyl groups is 1. The summed E-state index contributed by atoms with van der Waals surface area (Å²) < 4.78 is 0. The van der Waals surface area contributed by atoms with Crippen molar-refractivity contribution < 1.29 is 9.90 Å². The topological polar surface area (TPSA) is 75.4 Å². The number of rotatable bonds is 5. The van der Waals surface area contributed by atoms with Gasteiger partial charge in [-0.25, -0.2) is 0 Å². The number of anilines is 1. The van der Waals surface area contributed by atoms with Crippen LogP contribution in [0.3, 0.4) is 0 Å². The van der Waals surface area contributed by atoms with E-state index in [-0.39, 0.29) is 11.3 Å². The average Bonchev–Trinajstić information content (AvgIpc) is 3.07. The first-order valence-electron chi connectivity index (χ1n) is 8.22. The Kier molecular flexibility index (Phi) is 4.95. The molecule has 5 heteroatoms. The monoisotopic (exact) mass is 344 g/mol. The number of amides is 1. The van der Waals surface area contributed by atoms with Crippen molar-refractivity contribution in [3.8, 4) is 16.9 Å². The third-order valence-corrected chi connectivity index (χ3v) is 4.94. The van der Waals surface area contributed by atoms with Crippen LogP contribution < -0.4 is 11.1 Å². The molecule has 1 amide bonds. The highest BCUT2D eigenvalue weighted by molar-refractivity contribution is 6.33. The Hall–Kier alpha value is -2.20. The molecule has 4 nitrogen and oxygen atoms in total. The second kappa shape index (κ2) is 7.14. The lowest BCUT2D eigenvalue weighted by Crippen LogP contribution is -2.11. The van der Waals surface area contributed by atoms with Gasteiger partial charge in [0.05, 0.1) is 10.6 Å². The van der Waals surface area contributed by atoms with E-state index in [0.29, 0.717) is 16.1 Å². The fraction of sp³-hybridized carbons (Fsp3) is 0.316. The van der Waals surface area contributed by atoms with Crippen molar-refractivity contribution in [3.05, 3.63) is 47.0 Å². The number of hydrogen-bond acceptors (Lipinski definition) is 3. The Balaban J connectivity index is 1.82. The number of halogens is 1. The molecule has 0 spiro atoms. The molecular formula is C19H21ClN2O2. The number of hydrogen-bond donors (Lipinski definition) is 3. The van der Waals surface area contributed by atoms with Crippen LogP contribution in [0.5, 0.6) is 5.75 Å². The van der Waals surface area contributed by atoms with Crippen LogP contribution in [0.2, 0.25) is 5.02 Å². The van der Waals surface area contributed by atoms with Gasteiger partial charge in [-0.15, -0.1) is 0 Å². The van der Waals surface area contributed by atoms with Crippen molar-refractivity contribution in [2.75, 3.05) is 11.9 Å². The number of phenols is 1. The van der Waals surface area contributed by atoms with E-state index in [1.54, 1.807) is 12.1 Å². The van der Waals surface area contributed by atoms with E-state index in [0.717, 1.165) is 18.2 Å². The second-order valence-corrected chi connectivity index (χ2v) is 6.70. The smallest absolute Gasteiger partial charge is 0.252 e. The Morgan fingerprint density at radius 3 is 2.62 bits per heavy atom. The summed E-state index contributed by atoms with van der Waals surface area (Å²) in [5, 5.41) is 14.2. The van der Waals surface area contributed by atoms with Crippen LogP contribution in [0.15, 0.2) is 36.4 Å². The highest BCUT2D eigenvalue weighted by Gasteiger charge is 2.16. The highest BCUT2D eigenvalue weighted by atomic mass is 35.5. The molecule has 1 saturated carbocycles. The lowest BCUT2D eigenvalue weighted by Gasteiger charge is -2.14. The molecule has 126 valence electrons. The predicted octanol–water partition coefficient (Wildman–Crippen LogP) is 4.41. The van der Waals surface area contributed by atoms with Gasteiger partial charge in [-0.2, -0.15) is 0 Å². The van der Waals surface area contributed by atoms with Gasteiger partial charge in [0.15, 0.2) is 0 Å². The Bertz CT molecular complexity index is 755. The van der Waals surface area contributed by atoms with Crippen LogP contribution in [-0.2, 0) is 0 Å². The van der Waals surface area contributed by atoms with Crippen LogP contribution in [0.1, 0.15) is 36.0 Å². The zero-order chi connectivity index (χ0) is 17.1. The molecule has 2 aromatic rings. The minimum Gasteiger partial charge on any atom is -0.506 e. The maximum absolute atomic E-state index is 11.4.